The van der Waals surface area contributed by atoms with Gasteiger partial charge in [0.15, 0.2) is 15.6 Å². The second-order valence-corrected chi connectivity index (χ2v) is 10.5. The van der Waals surface area contributed by atoms with Crippen LogP contribution in [0.4, 0.5) is 0 Å². The Labute approximate surface area is 182 Å². The molecule has 2 saturated heterocycles. The molecule has 0 aromatic heterocycles. The summed E-state index contributed by atoms with van der Waals surface area (Å²) in [7, 11) is -3.12. The Morgan fingerprint density at radius 3 is 2.61 bits per heavy atom. The summed E-state index contributed by atoms with van der Waals surface area (Å²) in [5.41, 5.74) is 0.807. The summed E-state index contributed by atoms with van der Waals surface area (Å²) in [5.74, 6) is 0.0590. The van der Waals surface area contributed by atoms with Gasteiger partial charge in [-0.15, -0.1) is 12.4 Å². The van der Waals surface area contributed by atoms with Crippen LogP contribution in [-0.4, -0.2) is 75.4 Å². The molecule has 3 rings (SSSR count). The first-order valence-electron chi connectivity index (χ1n) is 9.09. The minimum absolute atomic E-state index is 0. The van der Waals surface area contributed by atoms with E-state index in [0.717, 1.165) is 18.7 Å². The van der Waals surface area contributed by atoms with Gasteiger partial charge in [0.25, 0.3) is 0 Å². The van der Waals surface area contributed by atoms with Gasteiger partial charge in [0.2, 0.25) is 0 Å². The van der Waals surface area contributed by atoms with Gasteiger partial charge in [0.05, 0.1) is 21.3 Å². The first-order valence-corrected chi connectivity index (χ1v) is 11.8. The molecular weight excluding hydrogens is 445 g/mol. The van der Waals surface area contributed by atoms with E-state index >= 15 is 0 Å². The molecule has 0 spiro atoms. The van der Waals surface area contributed by atoms with E-state index in [2.05, 4.69) is 10.6 Å². The van der Waals surface area contributed by atoms with E-state index in [-0.39, 0.29) is 36.7 Å². The summed E-state index contributed by atoms with van der Waals surface area (Å²) < 4.78 is 23.9. The summed E-state index contributed by atoms with van der Waals surface area (Å²) in [6.07, 6.45) is 2.07. The van der Waals surface area contributed by atoms with Crippen LogP contribution in [0.15, 0.2) is 18.2 Å². The van der Waals surface area contributed by atoms with Gasteiger partial charge in [-0.2, -0.15) is 0 Å². The molecule has 2 aliphatic rings. The maximum atomic E-state index is 13.2. The number of likely N-dealkylation sites (tertiary alicyclic amines) is 1. The van der Waals surface area contributed by atoms with Crippen molar-refractivity contribution in [2.24, 2.45) is 0 Å². The number of hydrogen-bond donors (Lipinski definition) is 2. The lowest BCUT2D eigenvalue weighted by Crippen LogP contribution is -2.61. The fraction of sp³-hybridized carbons (Fsp3) is 0.611. The number of nitrogens with one attached hydrogen (secondary N) is 2. The van der Waals surface area contributed by atoms with Crippen LogP contribution in [0.5, 0.6) is 0 Å². The first-order chi connectivity index (χ1) is 12.8. The largest absolute Gasteiger partial charge is 0.314 e. The van der Waals surface area contributed by atoms with Crippen LogP contribution < -0.4 is 10.6 Å². The van der Waals surface area contributed by atoms with Crippen molar-refractivity contribution in [3.8, 4) is 0 Å². The van der Waals surface area contributed by atoms with E-state index in [9.17, 15) is 13.2 Å². The number of ketones is 1. The molecule has 2 heterocycles. The average molecular weight is 471 g/mol. The molecule has 2 fully saturated rings. The number of carbonyl (C=O) groups excluding carboxylic acids is 1. The second-order valence-electron chi connectivity index (χ2n) is 7.34. The van der Waals surface area contributed by atoms with Gasteiger partial charge in [-0.1, -0.05) is 29.3 Å². The number of rotatable bonds is 6. The molecule has 0 radical (unpaired) electrons. The number of carbonyl (C=O) groups is 1. The smallest absolute Gasteiger partial charge is 0.155 e. The minimum atomic E-state index is -3.12. The summed E-state index contributed by atoms with van der Waals surface area (Å²) in [6.45, 7) is 3.32. The molecule has 2 N–H and O–H groups in total. The zero-order valence-corrected chi connectivity index (χ0v) is 18.8. The highest BCUT2D eigenvalue weighted by Gasteiger charge is 2.40. The van der Waals surface area contributed by atoms with Crippen molar-refractivity contribution in [1.82, 2.24) is 15.5 Å². The van der Waals surface area contributed by atoms with Crippen molar-refractivity contribution in [1.29, 1.82) is 0 Å². The highest BCUT2D eigenvalue weighted by molar-refractivity contribution is 7.91. The van der Waals surface area contributed by atoms with Crippen molar-refractivity contribution in [3.63, 3.8) is 0 Å². The number of Topliss-reactive ketones (excluding diaryl/α,β-unsaturated/α-hetero) is 1. The van der Waals surface area contributed by atoms with Crippen LogP contribution in [0.2, 0.25) is 10.0 Å². The molecule has 1 aromatic carbocycles. The summed E-state index contributed by atoms with van der Waals surface area (Å²) in [6, 6.07) is 4.79. The topological polar surface area (TPSA) is 78.5 Å². The van der Waals surface area contributed by atoms with Gasteiger partial charge < -0.3 is 10.6 Å². The van der Waals surface area contributed by atoms with Crippen LogP contribution >= 0.6 is 35.6 Å². The van der Waals surface area contributed by atoms with Crippen molar-refractivity contribution < 1.29 is 13.2 Å². The summed E-state index contributed by atoms with van der Waals surface area (Å²) >= 11 is 12.0. The number of hydrogen-bond acceptors (Lipinski definition) is 6. The molecular formula is C18H26Cl3N3O3S. The van der Waals surface area contributed by atoms with Gasteiger partial charge >= 0.3 is 0 Å². The SMILES string of the molecule is CS(=O)(=O)C1CCN(C(C(=O)Cc2ccc(Cl)c(Cl)c2)C2CNCCN2)C1.Cl. The van der Waals surface area contributed by atoms with Gasteiger partial charge in [-0.05, 0) is 24.1 Å². The van der Waals surface area contributed by atoms with E-state index in [1.54, 1.807) is 18.2 Å². The second kappa shape index (κ2) is 10.1. The molecule has 158 valence electrons. The maximum absolute atomic E-state index is 13.2. The van der Waals surface area contributed by atoms with Gasteiger partial charge in [0, 0.05) is 51.4 Å². The van der Waals surface area contributed by atoms with Gasteiger partial charge in [-0.3, -0.25) is 9.69 Å². The van der Waals surface area contributed by atoms with Crippen LogP contribution in [0.25, 0.3) is 0 Å². The third kappa shape index (κ3) is 5.81. The fourth-order valence-electron chi connectivity index (χ4n) is 3.89. The number of sulfone groups is 1. The molecule has 1 aromatic rings. The summed E-state index contributed by atoms with van der Waals surface area (Å²) in [5, 5.41) is 7.21. The molecule has 3 atom stereocenters. The van der Waals surface area contributed by atoms with Crippen LogP contribution in [0, 0.1) is 0 Å². The number of nitrogens with zero attached hydrogens (tertiary/aromatic N) is 1. The number of benzene rings is 1. The molecule has 2 aliphatic heterocycles. The Kier molecular flexibility index (Phi) is 8.58. The van der Waals surface area contributed by atoms with E-state index in [1.165, 1.54) is 6.26 Å². The lowest BCUT2D eigenvalue weighted by molar-refractivity contribution is -0.124. The Bertz CT molecular complexity index is 801. The molecule has 3 unspecified atom stereocenters. The Hall–Kier alpha value is -0.410. The molecule has 10 heteroatoms. The van der Waals surface area contributed by atoms with Crippen molar-refractivity contribution in [2.75, 3.05) is 39.0 Å². The van der Waals surface area contributed by atoms with Crippen molar-refractivity contribution >= 4 is 51.2 Å². The van der Waals surface area contributed by atoms with E-state index in [4.69, 9.17) is 23.2 Å². The molecule has 0 aliphatic carbocycles. The molecule has 0 amide bonds. The zero-order chi connectivity index (χ0) is 19.6. The quantitative estimate of drug-likeness (QED) is 0.657. The van der Waals surface area contributed by atoms with E-state index in [1.807, 2.05) is 4.90 Å². The molecule has 0 saturated carbocycles. The lowest BCUT2D eigenvalue weighted by atomic mass is 9.95. The Morgan fingerprint density at radius 1 is 1.29 bits per heavy atom. The monoisotopic (exact) mass is 469 g/mol. The highest BCUT2D eigenvalue weighted by atomic mass is 35.5. The first kappa shape index (κ1) is 23.9. The Balaban J connectivity index is 0.00000280. The number of halogens is 3. The minimum Gasteiger partial charge on any atom is -0.314 e. The van der Waals surface area contributed by atoms with Crippen molar-refractivity contribution in [3.05, 3.63) is 33.8 Å². The average Bonchev–Trinajstić information content (AvgIpc) is 3.09. The molecule has 0 bridgehead atoms. The normalized spacial score (nSPS) is 24.5. The number of piperazine rings is 1. The van der Waals surface area contributed by atoms with Gasteiger partial charge in [-0.25, -0.2) is 8.42 Å². The van der Waals surface area contributed by atoms with Gasteiger partial charge in [0.1, 0.15) is 0 Å². The molecule has 6 nitrogen and oxygen atoms in total. The summed E-state index contributed by atoms with van der Waals surface area (Å²) in [4.78, 5) is 15.2. The van der Waals surface area contributed by atoms with E-state index < -0.39 is 15.1 Å². The highest BCUT2D eigenvalue weighted by Crippen LogP contribution is 2.25. The predicted molar refractivity (Wildman–Crippen MR) is 116 cm³/mol. The zero-order valence-electron chi connectivity index (χ0n) is 15.7. The maximum Gasteiger partial charge on any atom is 0.155 e. The van der Waals surface area contributed by atoms with Crippen molar-refractivity contribution in [2.45, 2.75) is 30.2 Å². The molecule has 28 heavy (non-hydrogen) atoms. The third-order valence-electron chi connectivity index (χ3n) is 5.32. The van der Waals surface area contributed by atoms with Crippen LogP contribution in [-0.2, 0) is 21.1 Å². The third-order valence-corrected chi connectivity index (χ3v) is 7.66. The standard InChI is InChI=1S/C18H25Cl2N3O3S.ClH/c1-27(25,26)13-4-7-23(11-13)18(16-10-21-5-6-22-16)17(24)9-12-2-3-14(19)15(20)8-12;/h2-3,8,13,16,18,21-22H,4-7,9-11H2,1H3;1H. The van der Waals surface area contributed by atoms with Crippen LogP contribution in [0.3, 0.4) is 0 Å². The predicted octanol–water partition coefficient (Wildman–Crippen LogP) is 1.58. The van der Waals surface area contributed by atoms with E-state index in [0.29, 0.717) is 36.1 Å². The lowest BCUT2D eigenvalue weighted by Gasteiger charge is -2.36. The Morgan fingerprint density at radius 2 is 2.04 bits per heavy atom. The fourth-order valence-corrected chi connectivity index (χ4v) is 5.21. The van der Waals surface area contributed by atoms with Crippen LogP contribution in [0.1, 0.15) is 12.0 Å².